The summed E-state index contributed by atoms with van der Waals surface area (Å²) in [6.45, 7) is 3.71. The van der Waals surface area contributed by atoms with E-state index < -0.39 is 10.0 Å². The van der Waals surface area contributed by atoms with Gasteiger partial charge in [-0.25, -0.2) is 13.4 Å². The van der Waals surface area contributed by atoms with Crippen molar-refractivity contribution in [3.05, 3.63) is 39.8 Å². The maximum atomic E-state index is 11.6. The van der Waals surface area contributed by atoms with Crippen LogP contribution in [0.15, 0.2) is 18.3 Å². The Bertz CT molecular complexity index is 825. The number of halogens is 2. The quantitative estimate of drug-likeness (QED) is 0.814. The molecule has 0 saturated heterocycles. The molecule has 0 saturated carbocycles. The molecule has 2 N–H and O–H groups in total. The summed E-state index contributed by atoms with van der Waals surface area (Å²) in [5.41, 5.74) is 2.70. The lowest BCUT2D eigenvalue weighted by Crippen LogP contribution is -2.13. The van der Waals surface area contributed by atoms with Crippen LogP contribution in [0.3, 0.4) is 0 Å². The second kappa shape index (κ2) is 6.28. The number of hydrogen-bond donors (Lipinski definition) is 2. The highest BCUT2D eigenvalue weighted by Gasteiger charge is 2.14. The van der Waals surface area contributed by atoms with Crippen molar-refractivity contribution >= 4 is 50.4 Å². The summed E-state index contributed by atoms with van der Waals surface area (Å²) in [7, 11) is -3.43. The maximum absolute atomic E-state index is 11.6. The minimum atomic E-state index is -3.43. The van der Waals surface area contributed by atoms with E-state index in [0.717, 1.165) is 17.4 Å². The van der Waals surface area contributed by atoms with E-state index >= 15 is 0 Å². The predicted octanol–water partition coefficient (Wildman–Crippen LogP) is 3.52. The van der Waals surface area contributed by atoms with Crippen LogP contribution in [-0.2, 0) is 10.0 Å². The first-order valence-electron chi connectivity index (χ1n) is 6.20. The molecule has 0 bridgehead atoms. The van der Waals surface area contributed by atoms with Gasteiger partial charge in [-0.05, 0) is 42.6 Å². The first-order chi connectivity index (χ1) is 10.2. The molecule has 6 nitrogen and oxygen atoms in total. The lowest BCUT2D eigenvalue weighted by Gasteiger charge is -2.17. The number of sulfonamides is 1. The summed E-state index contributed by atoms with van der Waals surface area (Å²) in [6.07, 6.45) is 2.46. The third-order valence-corrected chi connectivity index (χ3v) is 4.02. The number of hydrogen-bond acceptors (Lipinski definition) is 5. The van der Waals surface area contributed by atoms with Gasteiger partial charge in [-0.3, -0.25) is 4.72 Å². The van der Waals surface area contributed by atoms with Crippen molar-refractivity contribution in [2.45, 2.75) is 13.8 Å². The summed E-state index contributed by atoms with van der Waals surface area (Å²) in [4.78, 5) is 7.76. The molecular weight excluding hydrogens is 347 g/mol. The number of nitrogens with zero attached hydrogens (tertiary/aromatic N) is 2. The standard InChI is InChI=1S/C13H14Cl2N4O2S/c1-7-4-5-10(11(8(7)2)19-22(3,20)21)17-12-9(14)6-16-13(15)18-12/h4-6,19H,1-3H3,(H,16,17,18). The highest BCUT2D eigenvalue weighted by molar-refractivity contribution is 7.92. The van der Waals surface area contributed by atoms with E-state index in [0.29, 0.717) is 17.2 Å². The predicted molar refractivity (Wildman–Crippen MR) is 89.7 cm³/mol. The molecule has 0 aliphatic carbocycles. The normalized spacial score (nSPS) is 11.3. The van der Waals surface area contributed by atoms with E-state index in [1.165, 1.54) is 6.20 Å². The first-order valence-corrected chi connectivity index (χ1v) is 8.85. The Labute approximate surface area is 138 Å². The zero-order chi connectivity index (χ0) is 16.5. The van der Waals surface area contributed by atoms with Gasteiger partial charge in [-0.15, -0.1) is 0 Å². The Morgan fingerprint density at radius 1 is 1.18 bits per heavy atom. The van der Waals surface area contributed by atoms with Crippen molar-refractivity contribution in [1.29, 1.82) is 0 Å². The van der Waals surface area contributed by atoms with Crippen LogP contribution in [0.4, 0.5) is 17.2 Å². The van der Waals surface area contributed by atoms with Gasteiger partial charge in [0.25, 0.3) is 0 Å². The van der Waals surface area contributed by atoms with Gasteiger partial charge < -0.3 is 5.32 Å². The van der Waals surface area contributed by atoms with Crippen LogP contribution in [0.1, 0.15) is 11.1 Å². The van der Waals surface area contributed by atoms with Gasteiger partial charge in [-0.1, -0.05) is 17.7 Å². The van der Waals surface area contributed by atoms with Crippen molar-refractivity contribution < 1.29 is 8.42 Å². The molecular formula is C13H14Cl2N4O2S. The molecule has 0 aliphatic rings. The van der Waals surface area contributed by atoms with Crippen LogP contribution in [0.2, 0.25) is 10.3 Å². The molecule has 2 rings (SSSR count). The van der Waals surface area contributed by atoms with Gasteiger partial charge in [0.1, 0.15) is 5.02 Å². The molecule has 0 radical (unpaired) electrons. The molecule has 118 valence electrons. The van der Waals surface area contributed by atoms with Crippen LogP contribution < -0.4 is 10.0 Å². The lowest BCUT2D eigenvalue weighted by molar-refractivity contribution is 0.607. The highest BCUT2D eigenvalue weighted by Crippen LogP contribution is 2.33. The topological polar surface area (TPSA) is 84.0 Å². The van der Waals surface area contributed by atoms with Crippen LogP contribution >= 0.6 is 23.2 Å². The zero-order valence-corrected chi connectivity index (χ0v) is 14.4. The van der Waals surface area contributed by atoms with E-state index in [4.69, 9.17) is 23.2 Å². The Morgan fingerprint density at radius 3 is 2.50 bits per heavy atom. The Kier molecular flexibility index (Phi) is 4.79. The van der Waals surface area contributed by atoms with Crippen molar-refractivity contribution in [3.63, 3.8) is 0 Å². The lowest BCUT2D eigenvalue weighted by atomic mass is 10.1. The molecule has 0 fully saturated rings. The van der Waals surface area contributed by atoms with Crippen LogP contribution in [-0.4, -0.2) is 24.6 Å². The summed E-state index contributed by atoms with van der Waals surface area (Å²) < 4.78 is 25.7. The monoisotopic (exact) mass is 360 g/mol. The molecule has 2 aromatic rings. The van der Waals surface area contributed by atoms with Crippen molar-refractivity contribution in [1.82, 2.24) is 9.97 Å². The van der Waals surface area contributed by atoms with Crippen molar-refractivity contribution in [2.24, 2.45) is 0 Å². The minimum absolute atomic E-state index is 0.0355. The van der Waals surface area contributed by atoms with Crippen molar-refractivity contribution in [2.75, 3.05) is 16.3 Å². The molecule has 0 atom stereocenters. The van der Waals surface area contributed by atoms with E-state index in [2.05, 4.69) is 20.0 Å². The number of nitrogens with one attached hydrogen (secondary N) is 2. The van der Waals surface area contributed by atoms with E-state index in [1.807, 2.05) is 19.9 Å². The molecule has 1 aromatic heterocycles. The van der Waals surface area contributed by atoms with Gasteiger partial charge in [0.05, 0.1) is 23.8 Å². The average Bonchev–Trinajstić information content (AvgIpc) is 2.41. The van der Waals surface area contributed by atoms with E-state index in [9.17, 15) is 8.42 Å². The largest absolute Gasteiger partial charge is 0.337 e. The number of aryl methyl sites for hydroxylation is 1. The second-order valence-corrected chi connectivity index (χ2v) is 7.26. The van der Waals surface area contributed by atoms with Crippen LogP contribution in [0, 0.1) is 13.8 Å². The van der Waals surface area contributed by atoms with Crippen LogP contribution in [0.25, 0.3) is 0 Å². The van der Waals surface area contributed by atoms with E-state index in [1.54, 1.807) is 6.07 Å². The van der Waals surface area contributed by atoms with Gasteiger partial charge in [0.15, 0.2) is 5.82 Å². The molecule has 0 spiro atoms. The summed E-state index contributed by atoms with van der Waals surface area (Å²) in [6, 6.07) is 3.60. The SMILES string of the molecule is Cc1ccc(Nc2nc(Cl)ncc2Cl)c(NS(C)(=O)=O)c1C. The number of anilines is 3. The number of benzene rings is 1. The average molecular weight is 361 g/mol. The molecule has 22 heavy (non-hydrogen) atoms. The smallest absolute Gasteiger partial charge is 0.229 e. The number of rotatable bonds is 4. The third-order valence-electron chi connectivity index (χ3n) is 2.99. The van der Waals surface area contributed by atoms with Crippen molar-refractivity contribution in [3.8, 4) is 0 Å². The first kappa shape index (κ1) is 16.8. The van der Waals surface area contributed by atoms with Gasteiger partial charge in [0, 0.05) is 0 Å². The Balaban J connectivity index is 2.51. The molecule has 0 aliphatic heterocycles. The van der Waals surface area contributed by atoms with E-state index in [-0.39, 0.29) is 10.3 Å². The fraction of sp³-hybridized carbons (Fsp3) is 0.231. The second-order valence-electron chi connectivity index (χ2n) is 4.76. The molecule has 9 heteroatoms. The third kappa shape index (κ3) is 4.00. The minimum Gasteiger partial charge on any atom is -0.337 e. The zero-order valence-electron chi connectivity index (χ0n) is 12.1. The number of aromatic nitrogens is 2. The Morgan fingerprint density at radius 2 is 1.86 bits per heavy atom. The summed E-state index contributed by atoms with van der Waals surface area (Å²) >= 11 is 11.8. The molecule has 1 heterocycles. The Hall–Kier alpha value is -1.57. The fourth-order valence-electron chi connectivity index (χ4n) is 1.80. The molecule has 0 amide bonds. The fourth-order valence-corrected chi connectivity index (χ4v) is 2.70. The molecule has 1 aromatic carbocycles. The summed E-state index contributed by atoms with van der Waals surface area (Å²) in [5, 5.41) is 3.28. The van der Waals surface area contributed by atoms with Gasteiger partial charge in [0.2, 0.25) is 15.3 Å². The summed E-state index contributed by atoms with van der Waals surface area (Å²) in [5.74, 6) is 0.293. The highest BCUT2D eigenvalue weighted by atomic mass is 35.5. The maximum Gasteiger partial charge on any atom is 0.229 e. The molecule has 0 unspecified atom stereocenters. The van der Waals surface area contributed by atoms with Gasteiger partial charge in [-0.2, -0.15) is 4.98 Å². The van der Waals surface area contributed by atoms with Crippen LogP contribution in [0.5, 0.6) is 0 Å². The van der Waals surface area contributed by atoms with Gasteiger partial charge >= 0.3 is 0 Å².